The summed E-state index contributed by atoms with van der Waals surface area (Å²) >= 11 is 4.97. The highest BCUT2D eigenvalue weighted by atomic mass is 79.9. The number of hydrazone groups is 1. The number of benzene rings is 1. The molecule has 0 spiro atoms. The minimum atomic E-state index is 0.650. The SMILES string of the molecule is CCOc1ccc(/C=N\Nc2nccs2)cc1Br. The molecule has 2 aromatic rings. The molecule has 0 saturated carbocycles. The van der Waals surface area contributed by atoms with E-state index in [0.29, 0.717) is 6.61 Å². The summed E-state index contributed by atoms with van der Waals surface area (Å²) in [4.78, 5) is 4.07. The molecule has 18 heavy (non-hydrogen) atoms. The molecule has 0 saturated heterocycles. The molecule has 0 aliphatic carbocycles. The maximum atomic E-state index is 5.44. The van der Waals surface area contributed by atoms with Gasteiger partial charge >= 0.3 is 0 Å². The van der Waals surface area contributed by atoms with Crippen molar-refractivity contribution < 1.29 is 4.74 Å². The fourth-order valence-electron chi connectivity index (χ4n) is 1.31. The fourth-order valence-corrected chi connectivity index (χ4v) is 2.30. The first-order chi connectivity index (χ1) is 8.79. The second-order valence-electron chi connectivity index (χ2n) is 3.33. The van der Waals surface area contributed by atoms with E-state index in [9.17, 15) is 0 Å². The quantitative estimate of drug-likeness (QED) is 0.672. The van der Waals surface area contributed by atoms with E-state index in [2.05, 4.69) is 31.4 Å². The number of halogens is 1. The lowest BCUT2D eigenvalue weighted by molar-refractivity contribution is 0.338. The van der Waals surface area contributed by atoms with E-state index in [1.54, 1.807) is 12.4 Å². The van der Waals surface area contributed by atoms with Gasteiger partial charge in [0.05, 0.1) is 17.3 Å². The van der Waals surface area contributed by atoms with Crippen molar-refractivity contribution in [1.29, 1.82) is 0 Å². The van der Waals surface area contributed by atoms with Crippen LogP contribution in [0.3, 0.4) is 0 Å². The van der Waals surface area contributed by atoms with Gasteiger partial charge in [0.2, 0.25) is 5.13 Å². The number of nitrogens with one attached hydrogen (secondary N) is 1. The van der Waals surface area contributed by atoms with Crippen LogP contribution in [-0.2, 0) is 0 Å². The standard InChI is InChI=1S/C12H12BrN3OS/c1-2-17-11-4-3-9(7-10(11)13)8-15-16-12-14-5-6-18-12/h3-8H,2H2,1H3,(H,14,16)/b15-8-. The Kier molecular flexibility index (Phi) is 4.72. The Balaban J connectivity index is 2.01. The summed E-state index contributed by atoms with van der Waals surface area (Å²) in [6.45, 7) is 2.61. The van der Waals surface area contributed by atoms with E-state index in [1.807, 2.05) is 30.5 Å². The molecular formula is C12H12BrN3OS. The van der Waals surface area contributed by atoms with Gasteiger partial charge in [-0.05, 0) is 46.6 Å². The van der Waals surface area contributed by atoms with E-state index in [1.165, 1.54) is 11.3 Å². The average molecular weight is 326 g/mol. The molecular weight excluding hydrogens is 314 g/mol. The van der Waals surface area contributed by atoms with Crippen molar-refractivity contribution in [1.82, 2.24) is 4.98 Å². The van der Waals surface area contributed by atoms with Crippen LogP contribution in [-0.4, -0.2) is 17.8 Å². The van der Waals surface area contributed by atoms with Crippen LogP contribution >= 0.6 is 27.3 Å². The molecule has 0 amide bonds. The summed E-state index contributed by atoms with van der Waals surface area (Å²) in [6, 6.07) is 5.82. The molecule has 0 aliphatic rings. The number of aromatic nitrogens is 1. The number of anilines is 1. The number of nitrogens with zero attached hydrogens (tertiary/aromatic N) is 2. The zero-order chi connectivity index (χ0) is 12.8. The van der Waals surface area contributed by atoms with Crippen molar-refractivity contribution in [3.63, 3.8) is 0 Å². The molecule has 0 bridgehead atoms. The highest BCUT2D eigenvalue weighted by molar-refractivity contribution is 9.10. The van der Waals surface area contributed by atoms with Gasteiger partial charge in [0.1, 0.15) is 5.75 Å². The topological polar surface area (TPSA) is 46.5 Å². The van der Waals surface area contributed by atoms with E-state index in [-0.39, 0.29) is 0 Å². The second kappa shape index (κ2) is 6.51. The van der Waals surface area contributed by atoms with Gasteiger partial charge in [-0.25, -0.2) is 4.98 Å². The van der Waals surface area contributed by atoms with Crippen molar-refractivity contribution in [3.8, 4) is 5.75 Å². The first-order valence-electron chi connectivity index (χ1n) is 5.40. The lowest BCUT2D eigenvalue weighted by atomic mass is 10.2. The zero-order valence-electron chi connectivity index (χ0n) is 9.76. The van der Waals surface area contributed by atoms with Gasteiger partial charge < -0.3 is 4.74 Å². The fraction of sp³-hybridized carbons (Fsp3) is 0.167. The lowest BCUT2D eigenvalue weighted by Gasteiger charge is -2.05. The molecule has 0 aliphatic heterocycles. The van der Waals surface area contributed by atoms with Crippen molar-refractivity contribution >= 4 is 38.6 Å². The average Bonchev–Trinajstić information content (AvgIpc) is 2.86. The van der Waals surface area contributed by atoms with E-state index in [4.69, 9.17) is 4.74 Å². The Labute approximate surface area is 118 Å². The summed E-state index contributed by atoms with van der Waals surface area (Å²) in [5.41, 5.74) is 3.84. The molecule has 0 atom stereocenters. The summed E-state index contributed by atoms with van der Waals surface area (Å²) in [6.07, 6.45) is 3.47. The predicted octanol–water partition coefficient (Wildman–Crippen LogP) is 3.75. The Morgan fingerprint density at radius 3 is 3.11 bits per heavy atom. The molecule has 0 unspecified atom stereocenters. The molecule has 1 heterocycles. The first-order valence-corrected chi connectivity index (χ1v) is 7.08. The third kappa shape index (κ3) is 3.54. The maximum Gasteiger partial charge on any atom is 0.203 e. The van der Waals surface area contributed by atoms with Crippen LogP contribution in [0.15, 0.2) is 39.4 Å². The molecule has 6 heteroatoms. The van der Waals surface area contributed by atoms with E-state index >= 15 is 0 Å². The Morgan fingerprint density at radius 2 is 2.44 bits per heavy atom. The van der Waals surface area contributed by atoms with Crippen molar-refractivity contribution in [2.75, 3.05) is 12.0 Å². The Hall–Kier alpha value is -1.40. The second-order valence-corrected chi connectivity index (χ2v) is 5.08. The molecule has 1 aromatic heterocycles. The first kappa shape index (κ1) is 13.0. The molecule has 4 nitrogen and oxygen atoms in total. The van der Waals surface area contributed by atoms with Crippen LogP contribution < -0.4 is 10.2 Å². The van der Waals surface area contributed by atoms with Crippen LogP contribution in [0.1, 0.15) is 12.5 Å². The van der Waals surface area contributed by atoms with E-state index in [0.717, 1.165) is 20.9 Å². The van der Waals surface area contributed by atoms with Crippen molar-refractivity contribution in [2.24, 2.45) is 5.10 Å². The monoisotopic (exact) mass is 325 g/mol. The molecule has 2 rings (SSSR count). The van der Waals surface area contributed by atoms with Crippen LogP contribution in [0, 0.1) is 0 Å². The lowest BCUT2D eigenvalue weighted by Crippen LogP contribution is -1.94. The number of ether oxygens (including phenoxy) is 1. The predicted molar refractivity (Wildman–Crippen MR) is 78.6 cm³/mol. The summed E-state index contributed by atoms with van der Waals surface area (Å²) in [5, 5.41) is 6.78. The molecule has 0 radical (unpaired) electrons. The smallest absolute Gasteiger partial charge is 0.203 e. The minimum absolute atomic E-state index is 0.650. The van der Waals surface area contributed by atoms with Crippen LogP contribution in [0.4, 0.5) is 5.13 Å². The number of thiazole rings is 1. The van der Waals surface area contributed by atoms with E-state index < -0.39 is 0 Å². The molecule has 94 valence electrons. The normalized spacial score (nSPS) is 10.8. The molecule has 0 fully saturated rings. The summed E-state index contributed by atoms with van der Waals surface area (Å²) in [5.74, 6) is 0.836. The Bertz CT molecular complexity index is 528. The van der Waals surface area contributed by atoms with Crippen LogP contribution in [0.25, 0.3) is 0 Å². The third-order valence-corrected chi connectivity index (χ3v) is 3.36. The number of hydrogen-bond donors (Lipinski definition) is 1. The largest absolute Gasteiger partial charge is 0.493 e. The number of rotatable bonds is 5. The minimum Gasteiger partial charge on any atom is -0.493 e. The molecule has 1 aromatic carbocycles. The Morgan fingerprint density at radius 1 is 1.56 bits per heavy atom. The van der Waals surface area contributed by atoms with Gasteiger partial charge in [-0.1, -0.05) is 0 Å². The highest BCUT2D eigenvalue weighted by Crippen LogP contribution is 2.25. The van der Waals surface area contributed by atoms with Gasteiger partial charge in [0.25, 0.3) is 0 Å². The van der Waals surface area contributed by atoms with Gasteiger partial charge in [-0.15, -0.1) is 11.3 Å². The van der Waals surface area contributed by atoms with Gasteiger partial charge in [-0.3, -0.25) is 5.43 Å². The summed E-state index contributed by atoms with van der Waals surface area (Å²) < 4.78 is 6.36. The summed E-state index contributed by atoms with van der Waals surface area (Å²) in [7, 11) is 0. The number of hydrogen-bond acceptors (Lipinski definition) is 5. The highest BCUT2D eigenvalue weighted by Gasteiger charge is 2.00. The maximum absolute atomic E-state index is 5.44. The zero-order valence-corrected chi connectivity index (χ0v) is 12.2. The van der Waals surface area contributed by atoms with Crippen LogP contribution in [0.2, 0.25) is 0 Å². The molecule has 1 N–H and O–H groups in total. The van der Waals surface area contributed by atoms with Crippen molar-refractivity contribution in [3.05, 3.63) is 39.8 Å². The van der Waals surface area contributed by atoms with Crippen LogP contribution in [0.5, 0.6) is 5.75 Å². The van der Waals surface area contributed by atoms with Gasteiger partial charge in [0, 0.05) is 11.6 Å². The third-order valence-electron chi connectivity index (χ3n) is 2.06. The van der Waals surface area contributed by atoms with Gasteiger partial charge in [-0.2, -0.15) is 5.10 Å². The van der Waals surface area contributed by atoms with Gasteiger partial charge in [0.15, 0.2) is 0 Å². The van der Waals surface area contributed by atoms with Crippen molar-refractivity contribution in [2.45, 2.75) is 6.92 Å².